The maximum absolute atomic E-state index is 13.2. The van der Waals surface area contributed by atoms with Crippen LogP contribution in [0.2, 0.25) is 0 Å². The lowest BCUT2D eigenvalue weighted by Crippen LogP contribution is -2.28. The average Bonchev–Trinajstić information content (AvgIpc) is 3.56. The molecule has 1 aromatic carbocycles. The van der Waals surface area contributed by atoms with E-state index in [1.807, 2.05) is 24.4 Å². The number of hydrogen-bond donors (Lipinski definition) is 1. The summed E-state index contributed by atoms with van der Waals surface area (Å²) >= 11 is 2.97. The first-order valence-corrected chi connectivity index (χ1v) is 11.7. The number of nitrogens with one attached hydrogen (secondary N) is 1. The number of nitrogens with zero attached hydrogens (tertiary/aromatic N) is 5. The fraction of sp³-hybridized carbons (Fsp3) is 0.136. The average molecular weight is 481 g/mol. The van der Waals surface area contributed by atoms with Crippen LogP contribution in [-0.4, -0.2) is 43.9 Å². The molecule has 0 spiro atoms. The Balaban J connectivity index is 1.21. The molecule has 0 aliphatic carbocycles. The van der Waals surface area contributed by atoms with Gasteiger partial charge in [0.25, 0.3) is 5.91 Å². The number of amides is 1. The number of fused-ring (bicyclic) bond motifs is 1. The third-order valence-electron chi connectivity index (χ3n) is 4.71. The van der Waals surface area contributed by atoms with E-state index in [-0.39, 0.29) is 18.3 Å². The van der Waals surface area contributed by atoms with E-state index in [2.05, 4.69) is 25.6 Å². The van der Waals surface area contributed by atoms with Crippen molar-refractivity contribution in [1.29, 1.82) is 0 Å². The summed E-state index contributed by atoms with van der Waals surface area (Å²) in [6, 6.07) is 13.3. The predicted molar refractivity (Wildman–Crippen MR) is 124 cm³/mol. The molecule has 166 valence electrons. The fourth-order valence-electron chi connectivity index (χ4n) is 3.14. The Morgan fingerprint density at radius 1 is 1.15 bits per heavy atom. The molecule has 0 aliphatic heterocycles. The second-order valence-electron chi connectivity index (χ2n) is 6.99. The molecule has 0 saturated heterocycles. The minimum Gasteiger partial charge on any atom is -0.475 e. The molecule has 5 rings (SSSR count). The molecule has 11 heteroatoms. The van der Waals surface area contributed by atoms with Crippen LogP contribution < -0.4 is 10.1 Å². The maximum Gasteiger partial charge on any atom is 0.263 e. The Hall–Kier alpha value is -3.70. The number of carbonyl (C=O) groups excluding carboxylic acids is 1. The van der Waals surface area contributed by atoms with Crippen LogP contribution in [0.5, 0.6) is 5.88 Å². The van der Waals surface area contributed by atoms with Crippen LogP contribution >= 0.6 is 22.7 Å². The van der Waals surface area contributed by atoms with Gasteiger partial charge in [0, 0.05) is 11.6 Å². The van der Waals surface area contributed by atoms with Crippen molar-refractivity contribution in [1.82, 2.24) is 30.1 Å². The fourth-order valence-corrected chi connectivity index (χ4v) is 4.92. The molecule has 0 fully saturated rings. The first-order chi connectivity index (χ1) is 16.1. The van der Waals surface area contributed by atoms with E-state index in [0.29, 0.717) is 40.0 Å². The van der Waals surface area contributed by atoms with E-state index in [9.17, 15) is 9.18 Å². The van der Waals surface area contributed by atoms with Gasteiger partial charge in [-0.05, 0) is 48.7 Å². The van der Waals surface area contributed by atoms with Crippen molar-refractivity contribution in [2.45, 2.75) is 6.92 Å². The number of rotatable bonds is 7. The zero-order chi connectivity index (χ0) is 22.8. The number of benzene rings is 1. The smallest absolute Gasteiger partial charge is 0.263 e. The van der Waals surface area contributed by atoms with E-state index in [4.69, 9.17) is 4.74 Å². The molecule has 4 heterocycles. The Kier molecular flexibility index (Phi) is 5.80. The Labute approximate surface area is 195 Å². The summed E-state index contributed by atoms with van der Waals surface area (Å²) in [5.41, 5.74) is 1.93. The normalized spacial score (nSPS) is 11.1. The molecule has 0 radical (unpaired) electrons. The molecule has 0 unspecified atom stereocenters. The highest BCUT2D eigenvalue weighted by Crippen LogP contribution is 2.31. The zero-order valence-corrected chi connectivity index (χ0v) is 19.0. The lowest BCUT2D eigenvalue weighted by molar-refractivity contribution is 0.0949. The second kappa shape index (κ2) is 9.04. The SMILES string of the molecule is Cc1nc(-c2cccs2)sc1C(=O)NCCOc1ccc2nnc(-c3ccc(F)cc3)n2n1. The predicted octanol–water partition coefficient (Wildman–Crippen LogP) is 4.23. The second-order valence-corrected chi connectivity index (χ2v) is 8.93. The number of thiophene rings is 1. The number of aryl methyl sites for hydroxylation is 1. The number of aromatic nitrogens is 5. The molecule has 0 atom stereocenters. The highest BCUT2D eigenvalue weighted by atomic mass is 32.1. The van der Waals surface area contributed by atoms with E-state index in [1.165, 1.54) is 28.0 Å². The van der Waals surface area contributed by atoms with Crippen LogP contribution in [0.3, 0.4) is 0 Å². The minimum atomic E-state index is -0.331. The van der Waals surface area contributed by atoms with Crippen LogP contribution in [0.1, 0.15) is 15.4 Å². The van der Waals surface area contributed by atoms with Gasteiger partial charge in [-0.25, -0.2) is 9.37 Å². The first-order valence-electron chi connectivity index (χ1n) is 9.99. The van der Waals surface area contributed by atoms with Crippen LogP contribution in [0.4, 0.5) is 4.39 Å². The Bertz CT molecular complexity index is 1410. The quantitative estimate of drug-likeness (QED) is 0.350. The molecule has 8 nitrogen and oxygen atoms in total. The molecule has 33 heavy (non-hydrogen) atoms. The molecular weight excluding hydrogens is 463 g/mol. The Morgan fingerprint density at radius 3 is 2.79 bits per heavy atom. The van der Waals surface area contributed by atoms with Gasteiger partial charge in [-0.1, -0.05) is 6.07 Å². The number of carbonyl (C=O) groups is 1. The monoisotopic (exact) mass is 480 g/mol. The van der Waals surface area contributed by atoms with Gasteiger partial charge in [0.05, 0.1) is 17.1 Å². The van der Waals surface area contributed by atoms with Gasteiger partial charge in [0.2, 0.25) is 5.88 Å². The summed E-state index contributed by atoms with van der Waals surface area (Å²) in [4.78, 5) is 18.7. The largest absolute Gasteiger partial charge is 0.475 e. The summed E-state index contributed by atoms with van der Waals surface area (Å²) < 4.78 is 20.5. The van der Waals surface area contributed by atoms with Crippen molar-refractivity contribution in [3.8, 4) is 27.2 Å². The topological polar surface area (TPSA) is 94.3 Å². The summed E-state index contributed by atoms with van der Waals surface area (Å²) in [5.74, 6) is 0.319. The summed E-state index contributed by atoms with van der Waals surface area (Å²) in [5, 5.41) is 18.3. The number of hydrogen-bond acceptors (Lipinski definition) is 8. The number of thiazole rings is 1. The van der Waals surface area contributed by atoms with Crippen molar-refractivity contribution < 1.29 is 13.9 Å². The van der Waals surface area contributed by atoms with Gasteiger partial charge in [-0.3, -0.25) is 4.79 Å². The van der Waals surface area contributed by atoms with Crippen molar-refractivity contribution in [3.05, 3.63) is 70.3 Å². The van der Waals surface area contributed by atoms with Crippen LogP contribution in [-0.2, 0) is 0 Å². The van der Waals surface area contributed by atoms with E-state index in [0.717, 1.165) is 9.88 Å². The lowest BCUT2D eigenvalue weighted by atomic mass is 10.2. The van der Waals surface area contributed by atoms with Crippen LogP contribution in [0.15, 0.2) is 53.9 Å². The van der Waals surface area contributed by atoms with Gasteiger partial charge in [0.15, 0.2) is 11.5 Å². The van der Waals surface area contributed by atoms with E-state index < -0.39 is 0 Å². The highest BCUT2D eigenvalue weighted by Gasteiger charge is 2.16. The third-order valence-corrected chi connectivity index (χ3v) is 6.91. The molecule has 0 aliphatic rings. The molecule has 1 amide bonds. The standard InChI is InChI=1S/C22H17FN6O2S2/c1-13-19(33-22(25-13)16-3-2-12-32-16)21(30)24-10-11-31-18-9-8-17-26-27-20(29(17)28-18)14-4-6-15(23)7-5-14/h2-9,12H,10-11H2,1H3,(H,24,30). The van der Waals surface area contributed by atoms with Gasteiger partial charge < -0.3 is 10.1 Å². The van der Waals surface area contributed by atoms with Crippen LogP contribution in [0.25, 0.3) is 26.9 Å². The number of halogens is 1. The molecule has 1 N–H and O–H groups in total. The van der Waals surface area contributed by atoms with E-state index in [1.54, 1.807) is 35.6 Å². The molecular formula is C22H17FN6O2S2. The zero-order valence-electron chi connectivity index (χ0n) is 17.4. The lowest BCUT2D eigenvalue weighted by Gasteiger charge is -2.07. The highest BCUT2D eigenvalue weighted by molar-refractivity contribution is 7.22. The van der Waals surface area contributed by atoms with Gasteiger partial charge in [-0.15, -0.1) is 38.0 Å². The van der Waals surface area contributed by atoms with Gasteiger partial charge in [-0.2, -0.15) is 4.52 Å². The summed E-state index contributed by atoms with van der Waals surface area (Å²) in [6.45, 7) is 2.36. The summed E-state index contributed by atoms with van der Waals surface area (Å²) in [6.07, 6.45) is 0. The molecule has 0 saturated carbocycles. The molecule has 4 aromatic heterocycles. The molecule has 0 bridgehead atoms. The minimum absolute atomic E-state index is 0.183. The van der Waals surface area contributed by atoms with Crippen molar-refractivity contribution in [2.75, 3.05) is 13.2 Å². The van der Waals surface area contributed by atoms with Gasteiger partial charge >= 0.3 is 0 Å². The summed E-state index contributed by atoms with van der Waals surface area (Å²) in [7, 11) is 0. The molecule has 5 aromatic rings. The number of ether oxygens (including phenoxy) is 1. The maximum atomic E-state index is 13.2. The first kappa shape index (κ1) is 21.2. The Morgan fingerprint density at radius 2 is 2.00 bits per heavy atom. The van der Waals surface area contributed by atoms with Gasteiger partial charge in [0.1, 0.15) is 22.3 Å². The van der Waals surface area contributed by atoms with E-state index >= 15 is 0 Å². The van der Waals surface area contributed by atoms with Crippen molar-refractivity contribution in [3.63, 3.8) is 0 Å². The van der Waals surface area contributed by atoms with Crippen LogP contribution in [0, 0.1) is 12.7 Å². The third kappa shape index (κ3) is 4.45. The van der Waals surface area contributed by atoms with Crippen molar-refractivity contribution >= 4 is 34.2 Å². The van der Waals surface area contributed by atoms with Crippen molar-refractivity contribution in [2.24, 2.45) is 0 Å².